The highest BCUT2D eigenvalue weighted by Gasteiger charge is 2.21. The summed E-state index contributed by atoms with van der Waals surface area (Å²) in [5.74, 6) is -0.177. The van der Waals surface area contributed by atoms with Crippen LogP contribution < -0.4 is 5.32 Å². The van der Waals surface area contributed by atoms with Crippen LogP contribution in [0.5, 0.6) is 0 Å². The fourth-order valence-electron chi connectivity index (χ4n) is 2.80. The maximum absolute atomic E-state index is 13.8. The predicted molar refractivity (Wildman–Crippen MR) is 107 cm³/mol. The molecule has 2 aromatic carbocycles. The summed E-state index contributed by atoms with van der Waals surface area (Å²) in [5.41, 5.74) is 1.86. The topological polar surface area (TPSA) is 58.1 Å². The lowest BCUT2D eigenvalue weighted by molar-refractivity contribution is 0.0684. The van der Waals surface area contributed by atoms with Gasteiger partial charge in [0, 0.05) is 30.9 Å². The van der Waals surface area contributed by atoms with Crippen LogP contribution in [0.2, 0.25) is 0 Å². The standard InChI is InChI=1S/C22H23FN4O/c1-16(2)27(15-17-8-4-3-5-9-17)21(28)20-12-13-24-22(26-20)25-14-18-10-6-7-11-19(18)23/h3-13,16H,14-15H2,1-2H3,(H,24,25,26). The molecule has 0 aliphatic carbocycles. The summed E-state index contributed by atoms with van der Waals surface area (Å²) in [4.78, 5) is 23.2. The Hall–Kier alpha value is -3.28. The van der Waals surface area contributed by atoms with Gasteiger partial charge in [0.15, 0.2) is 0 Å². The largest absolute Gasteiger partial charge is 0.350 e. The number of nitrogens with zero attached hydrogens (tertiary/aromatic N) is 3. The molecule has 0 saturated heterocycles. The minimum absolute atomic E-state index is 0.0116. The Labute approximate surface area is 164 Å². The Bertz CT molecular complexity index is 931. The smallest absolute Gasteiger partial charge is 0.273 e. The van der Waals surface area contributed by atoms with Gasteiger partial charge in [0.05, 0.1) is 0 Å². The van der Waals surface area contributed by atoms with Crippen LogP contribution in [0.3, 0.4) is 0 Å². The van der Waals surface area contributed by atoms with E-state index >= 15 is 0 Å². The average Bonchev–Trinajstić information content (AvgIpc) is 2.72. The molecular formula is C22H23FN4O. The van der Waals surface area contributed by atoms with Gasteiger partial charge in [-0.2, -0.15) is 0 Å². The zero-order valence-electron chi connectivity index (χ0n) is 16.0. The minimum Gasteiger partial charge on any atom is -0.350 e. The third kappa shape index (κ3) is 4.91. The van der Waals surface area contributed by atoms with Crippen LogP contribution in [0, 0.1) is 5.82 Å². The molecule has 0 aliphatic heterocycles. The van der Waals surface area contributed by atoms with Crippen molar-refractivity contribution in [3.05, 3.63) is 89.5 Å². The van der Waals surface area contributed by atoms with Crippen LogP contribution >= 0.6 is 0 Å². The van der Waals surface area contributed by atoms with Crippen molar-refractivity contribution >= 4 is 11.9 Å². The normalized spacial score (nSPS) is 10.7. The highest BCUT2D eigenvalue weighted by Crippen LogP contribution is 2.14. The molecule has 0 fully saturated rings. The summed E-state index contributed by atoms with van der Waals surface area (Å²) < 4.78 is 13.8. The van der Waals surface area contributed by atoms with Crippen LogP contribution in [0.25, 0.3) is 0 Å². The molecule has 0 radical (unpaired) electrons. The number of rotatable bonds is 7. The molecule has 0 saturated carbocycles. The lowest BCUT2D eigenvalue weighted by Crippen LogP contribution is -2.37. The molecule has 5 nitrogen and oxygen atoms in total. The van der Waals surface area contributed by atoms with Gasteiger partial charge in [-0.05, 0) is 31.5 Å². The highest BCUT2D eigenvalue weighted by atomic mass is 19.1. The van der Waals surface area contributed by atoms with E-state index in [4.69, 9.17) is 0 Å². The van der Waals surface area contributed by atoms with E-state index in [1.54, 1.807) is 29.2 Å². The van der Waals surface area contributed by atoms with E-state index in [1.165, 1.54) is 12.3 Å². The number of halogens is 1. The quantitative estimate of drug-likeness (QED) is 0.667. The maximum atomic E-state index is 13.8. The Morgan fingerprint density at radius 3 is 2.50 bits per heavy atom. The van der Waals surface area contributed by atoms with Gasteiger partial charge in [0.2, 0.25) is 5.95 Å². The molecule has 0 unspecified atom stereocenters. The van der Waals surface area contributed by atoms with E-state index in [0.29, 0.717) is 17.8 Å². The van der Waals surface area contributed by atoms with E-state index in [9.17, 15) is 9.18 Å². The van der Waals surface area contributed by atoms with Crippen molar-refractivity contribution in [3.63, 3.8) is 0 Å². The van der Waals surface area contributed by atoms with Crippen molar-refractivity contribution in [1.82, 2.24) is 14.9 Å². The second kappa shape index (κ2) is 9.08. The zero-order valence-corrected chi connectivity index (χ0v) is 16.0. The molecule has 1 heterocycles. The maximum Gasteiger partial charge on any atom is 0.273 e. The summed E-state index contributed by atoms with van der Waals surface area (Å²) in [6, 6.07) is 17.9. The third-order valence-corrected chi connectivity index (χ3v) is 4.35. The van der Waals surface area contributed by atoms with Gasteiger partial charge in [-0.3, -0.25) is 4.79 Å². The monoisotopic (exact) mass is 378 g/mol. The first-order valence-corrected chi connectivity index (χ1v) is 9.20. The lowest BCUT2D eigenvalue weighted by atomic mass is 10.1. The Kier molecular flexibility index (Phi) is 6.32. The van der Waals surface area contributed by atoms with E-state index in [2.05, 4.69) is 15.3 Å². The molecule has 3 rings (SSSR count). The first-order valence-electron chi connectivity index (χ1n) is 9.20. The Morgan fingerprint density at radius 1 is 1.07 bits per heavy atom. The number of hydrogen-bond donors (Lipinski definition) is 1. The Balaban J connectivity index is 1.73. The summed E-state index contributed by atoms with van der Waals surface area (Å²) >= 11 is 0. The van der Waals surface area contributed by atoms with Crippen molar-refractivity contribution < 1.29 is 9.18 Å². The fraction of sp³-hybridized carbons (Fsp3) is 0.227. The van der Waals surface area contributed by atoms with Gasteiger partial charge in [-0.1, -0.05) is 48.5 Å². The first kappa shape index (κ1) is 19.5. The molecule has 1 N–H and O–H groups in total. The minimum atomic E-state index is -0.295. The molecule has 0 bridgehead atoms. The second-order valence-corrected chi connectivity index (χ2v) is 6.72. The lowest BCUT2D eigenvalue weighted by Gasteiger charge is -2.26. The number of carbonyl (C=O) groups is 1. The molecule has 1 aromatic heterocycles. The van der Waals surface area contributed by atoms with Crippen molar-refractivity contribution in [2.24, 2.45) is 0 Å². The summed E-state index contributed by atoms with van der Waals surface area (Å²) in [5, 5.41) is 2.98. The molecular weight excluding hydrogens is 355 g/mol. The van der Waals surface area contributed by atoms with E-state index < -0.39 is 0 Å². The summed E-state index contributed by atoms with van der Waals surface area (Å²) in [6.45, 7) is 4.68. The molecule has 0 spiro atoms. The van der Waals surface area contributed by atoms with Crippen LogP contribution in [0.4, 0.5) is 10.3 Å². The molecule has 0 aliphatic rings. The first-order chi connectivity index (χ1) is 13.5. The molecule has 28 heavy (non-hydrogen) atoms. The number of hydrogen-bond acceptors (Lipinski definition) is 4. The van der Waals surface area contributed by atoms with Crippen LogP contribution in [-0.4, -0.2) is 26.8 Å². The number of benzene rings is 2. The van der Waals surface area contributed by atoms with Crippen molar-refractivity contribution in [1.29, 1.82) is 0 Å². The van der Waals surface area contributed by atoms with E-state index in [-0.39, 0.29) is 30.3 Å². The van der Waals surface area contributed by atoms with Gasteiger partial charge < -0.3 is 10.2 Å². The SMILES string of the molecule is CC(C)N(Cc1ccccc1)C(=O)c1ccnc(NCc2ccccc2F)n1. The number of aromatic nitrogens is 2. The van der Waals surface area contributed by atoms with Crippen LogP contribution in [-0.2, 0) is 13.1 Å². The van der Waals surface area contributed by atoms with Gasteiger partial charge in [-0.15, -0.1) is 0 Å². The van der Waals surface area contributed by atoms with Crippen LogP contribution in [0.15, 0.2) is 66.9 Å². The van der Waals surface area contributed by atoms with Crippen LogP contribution in [0.1, 0.15) is 35.5 Å². The zero-order chi connectivity index (χ0) is 19.9. The number of anilines is 1. The van der Waals surface area contributed by atoms with Crippen molar-refractivity contribution in [2.75, 3.05) is 5.32 Å². The van der Waals surface area contributed by atoms with Gasteiger partial charge in [0.1, 0.15) is 11.5 Å². The second-order valence-electron chi connectivity index (χ2n) is 6.72. The van der Waals surface area contributed by atoms with E-state index in [0.717, 1.165) is 5.56 Å². The highest BCUT2D eigenvalue weighted by molar-refractivity contribution is 5.92. The van der Waals surface area contributed by atoms with Crippen molar-refractivity contribution in [2.45, 2.75) is 33.0 Å². The summed E-state index contributed by atoms with van der Waals surface area (Å²) in [6.07, 6.45) is 1.53. The molecule has 144 valence electrons. The van der Waals surface area contributed by atoms with Crippen molar-refractivity contribution in [3.8, 4) is 0 Å². The van der Waals surface area contributed by atoms with Gasteiger partial charge in [0.25, 0.3) is 5.91 Å². The average molecular weight is 378 g/mol. The number of amides is 1. The Morgan fingerprint density at radius 2 is 1.79 bits per heavy atom. The third-order valence-electron chi connectivity index (χ3n) is 4.35. The number of nitrogens with one attached hydrogen (secondary N) is 1. The van der Waals surface area contributed by atoms with Gasteiger partial charge in [-0.25, -0.2) is 14.4 Å². The molecule has 6 heteroatoms. The molecule has 0 atom stereocenters. The number of carbonyl (C=O) groups excluding carboxylic acids is 1. The molecule has 1 amide bonds. The van der Waals surface area contributed by atoms with Gasteiger partial charge >= 0.3 is 0 Å². The summed E-state index contributed by atoms with van der Waals surface area (Å²) in [7, 11) is 0. The predicted octanol–water partition coefficient (Wildman–Crippen LogP) is 4.28. The fourth-order valence-corrected chi connectivity index (χ4v) is 2.80. The molecule has 3 aromatic rings. The van der Waals surface area contributed by atoms with E-state index in [1.807, 2.05) is 44.2 Å².